The van der Waals surface area contributed by atoms with Gasteiger partial charge in [0.05, 0.1) is 40.1 Å². The lowest BCUT2D eigenvalue weighted by Gasteiger charge is -2.21. The van der Waals surface area contributed by atoms with Crippen LogP contribution in [0.4, 0.5) is 11.4 Å². The third-order valence-corrected chi connectivity index (χ3v) is 8.67. The molecule has 4 bridgehead atoms. The first-order valence-corrected chi connectivity index (χ1v) is 11.3. The van der Waals surface area contributed by atoms with E-state index in [0.29, 0.717) is 11.4 Å². The van der Waals surface area contributed by atoms with Crippen LogP contribution in [-0.2, 0) is 19.2 Å². The number of benzene rings is 1. The molecule has 8 atom stereocenters. The summed E-state index contributed by atoms with van der Waals surface area (Å²) in [4.78, 5) is 54.7. The van der Waals surface area contributed by atoms with Gasteiger partial charge in [0.2, 0.25) is 23.6 Å². The lowest BCUT2D eigenvalue weighted by molar-refractivity contribution is -0.124. The van der Waals surface area contributed by atoms with Gasteiger partial charge in [-0.3, -0.25) is 19.2 Å². The van der Waals surface area contributed by atoms with Gasteiger partial charge in [-0.05, 0) is 54.7 Å². The minimum atomic E-state index is -0.303. The molecule has 156 valence electrons. The molecule has 0 unspecified atom stereocenters. The maximum Gasteiger partial charge on any atom is 0.238 e. The lowest BCUT2D eigenvalue weighted by atomic mass is 9.85. The molecular formula is C24H19ClN2O4. The maximum absolute atomic E-state index is 13.1. The maximum atomic E-state index is 13.1. The summed E-state index contributed by atoms with van der Waals surface area (Å²) in [5.41, 5.74) is 0.730. The summed E-state index contributed by atoms with van der Waals surface area (Å²) < 4.78 is 0. The zero-order valence-electron chi connectivity index (χ0n) is 16.5. The number of fused-ring (bicyclic) bond motifs is 10. The Kier molecular flexibility index (Phi) is 3.31. The molecule has 0 radical (unpaired) electrons. The van der Waals surface area contributed by atoms with Crippen molar-refractivity contribution in [3.05, 3.63) is 47.5 Å². The van der Waals surface area contributed by atoms with Gasteiger partial charge in [0.1, 0.15) is 0 Å². The van der Waals surface area contributed by atoms with Crippen LogP contribution in [0.5, 0.6) is 0 Å². The van der Waals surface area contributed by atoms with Crippen LogP contribution < -0.4 is 9.80 Å². The highest BCUT2D eigenvalue weighted by Gasteiger charge is 2.61. The van der Waals surface area contributed by atoms with Crippen LogP contribution in [0.1, 0.15) is 12.8 Å². The van der Waals surface area contributed by atoms with E-state index in [2.05, 4.69) is 24.3 Å². The number of anilines is 2. The van der Waals surface area contributed by atoms with Crippen molar-refractivity contribution >= 4 is 46.6 Å². The van der Waals surface area contributed by atoms with Crippen molar-refractivity contribution in [2.75, 3.05) is 9.80 Å². The van der Waals surface area contributed by atoms with E-state index in [1.54, 1.807) is 12.1 Å². The third kappa shape index (κ3) is 2.05. The van der Waals surface area contributed by atoms with E-state index in [0.717, 1.165) is 12.8 Å². The third-order valence-electron chi connectivity index (χ3n) is 8.37. The molecule has 2 saturated carbocycles. The predicted molar refractivity (Wildman–Crippen MR) is 112 cm³/mol. The number of rotatable bonds is 2. The molecule has 31 heavy (non-hydrogen) atoms. The number of allylic oxidation sites excluding steroid dienone is 4. The van der Waals surface area contributed by atoms with Crippen molar-refractivity contribution in [1.82, 2.24) is 0 Å². The van der Waals surface area contributed by atoms with Gasteiger partial charge in [0, 0.05) is 0 Å². The molecule has 6 aliphatic rings. The zero-order valence-corrected chi connectivity index (χ0v) is 17.2. The molecule has 2 aliphatic heterocycles. The fourth-order valence-electron chi connectivity index (χ4n) is 7.11. The average molecular weight is 435 g/mol. The smallest absolute Gasteiger partial charge is 0.238 e. The Morgan fingerprint density at radius 3 is 1.48 bits per heavy atom. The summed E-state index contributed by atoms with van der Waals surface area (Å²) in [5, 5.41) is 0.193. The molecule has 2 heterocycles. The molecule has 7 rings (SSSR count). The van der Waals surface area contributed by atoms with E-state index < -0.39 is 0 Å². The van der Waals surface area contributed by atoms with Gasteiger partial charge in [0.25, 0.3) is 0 Å². The number of halogens is 1. The van der Waals surface area contributed by atoms with Crippen molar-refractivity contribution in [3.63, 3.8) is 0 Å². The largest absolute Gasteiger partial charge is 0.274 e. The van der Waals surface area contributed by atoms with Gasteiger partial charge in [-0.15, -0.1) is 0 Å². The van der Waals surface area contributed by atoms with Crippen molar-refractivity contribution in [2.45, 2.75) is 12.8 Å². The van der Waals surface area contributed by atoms with Crippen LogP contribution in [0.3, 0.4) is 0 Å². The van der Waals surface area contributed by atoms with Crippen LogP contribution in [0.2, 0.25) is 5.02 Å². The lowest BCUT2D eigenvalue weighted by Crippen LogP contribution is -2.34. The molecule has 4 fully saturated rings. The van der Waals surface area contributed by atoms with E-state index >= 15 is 0 Å². The fourth-order valence-corrected chi connectivity index (χ4v) is 7.37. The molecule has 4 amide bonds. The predicted octanol–water partition coefficient (Wildman–Crippen LogP) is 2.96. The van der Waals surface area contributed by atoms with E-state index in [9.17, 15) is 19.2 Å². The van der Waals surface area contributed by atoms with Gasteiger partial charge < -0.3 is 0 Å². The highest BCUT2D eigenvalue weighted by molar-refractivity contribution is 6.37. The van der Waals surface area contributed by atoms with Crippen LogP contribution in [0, 0.1) is 47.3 Å². The fraction of sp³-hybridized carbons (Fsp3) is 0.417. The van der Waals surface area contributed by atoms with Gasteiger partial charge in [0.15, 0.2) is 0 Å². The Labute approximate surface area is 183 Å². The Morgan fingerprint density at radius 1 is 0.645 bits per heavy atom. The summed E-state index contributed by atoms with van der Waals surface area (Å²) in [7, 11) is 0. The average Bonchev–Trinajstić information content (AvgIpc) is 3.56. The molecule has 1 aromatic carbocycles. The van der Waals surface area contributed by atoms with Gasteiger partial charge in [-0.2, -0.15) is 0 Å². The van der Waals surface area contributed by atoms with E-state index in [1.807, 2.05) is 0 Å². The second-order valence-electron chi connectivity index (χ2n) is 9.66. The molecule has 2 saturated heterocycles. The molecule has 0 aromatic heterocycles. The summed E-state index contributed by atoms with van der Waals surface area (Å²) in [6.07, 6.45) is 9.95. The van der Waals surface area contributed by atoms with Gasteiger partial charge >= 0.3 is 0 Å². The van der Waals surface area contributed by atoms with E-state index in [4.69, 9.17) is 11.6 Å². The van der Waals surface area contributed by atoms with E-state index in [1.165, 1.54) is 15.9 Å². The monoisotopic (exact) mass is 434 g/mol. The Bertz CT molecular complexity index is 1110. The summed E-state index contributed by atoms with van der Waals surface area (Å²) in [6.45, 7) is 0. The Hall–Kier alpha value is -2.73. The molecule has 6 nitrogen and oxygen atoms in total. The van der Waals surface area contributed by atoms with Crippen LogP contribution in [0.25, 0.3) is 0 Å². The summed E-state index contributed by atoms with van der Waals surface area (Å²) >= 11 is 6.53. The second kappa shape index (κ2) is 5.74. The van der Waals surface area contributed by atoms with Crippen LogP contribution in [-0.4, -0.2) is 23.6 Å². The van der Waals surface area contributed by atoms with Crippen molar-refractivity contribution in [2.24, 2.45) is 47.3 Å². The van der Waals surface area contributed by atoms with Crippen LogP contribution in [0.15, 0.2) is 42.5 Å². The Balaban J connectivity index is 1.22. The zero-order chi connectivity index (χ0) is 21.2. The molecule has 7 heteroatoms. The SMILES string of the molecule is O=C1[C@@H]2[C@H](C(=O)N1c1ccc(N3C(=O)[C@H]4[C@H](C3=O)[C@H]3C=C[C@H]4C3)c(Cl)c1)[C@H]1C=C[C@H]2C1. The second-order valence-corrected chi connectivity index (χ2v) is 10.1. The van der Waals surface area contributed by atoms with Gasteiger partial charge in [-0.25, -0.2) is 9.80 Å². The van der Waals surface area contributed by atoms with Crippen molar-refractivity contribution in [1.29, 1.82) is 0 Å². The molecule has 4 aliphatic carbocycles. The normalized spacial score (nSPS) is 41.3. The minimum Gasteiger partial charge on any atom is -0.274 e. The van der Waals surface area contributed by atoms with Crippen LogP contribution >= 0.6 is 11.6 Å². The van der Waals surface area contributed by atoms with Gasteiger partial charge in [-0.1, -0.05) is 35.9 Å². The van der Waals surface area contributed by atoms with Crippen molar-refractivity contribution in [3.8, 4) is 0 Å². The number of imide groups is 2. The standard InChI is InChI=1S/C24H19ClN2O4/c25-15-9-14(26-21(28)17-10-1-2-11(7-10)18(17)22(26)29)5-6-16(15)27-23(30)19-12-3-4-13(8-12)20(19)24(27)31/h1-6,9-13,17-20H,7-8H2/t10-,11-,12-,13-,17-,18+,19+,20+/m0/s1. The number of carbonyl (C=O) groups excluding carboxylic acids is 4. The molecular weight excluding hydrogens is 416 g/mol. The molecule has 0 spiro atoms. The first-order valence-electron chi connectivity index (χ1n) is 10.9. The first-order chi connectivity index (χ1) is 15.0. The number of hydrogen-bond donors (Lipinski definition) is 0. The minimum absolute atomic E-state index is 0.123. The number of nitrogens with zero attached hydrogens (tertiary/aromatic N) is 2. The Morgan fingerprint density at radius 2 is 1.06 bits per heavy atom. The number of amides is 4. The highest BCUT2D eigenvalue weighted by Crippen LogP contribution is 2.55. The summed E-state index contributed by atoms with van der Waals surface area (Å²) in [6, 6.07) is 4.74. The highest BCUT2D eigenvalue weighted by atomic mass is 35.5. The van der Waals surface area contributed by atoms with E-state index in [-0.39, 0.29) is 76.0 Å². The molecule has 1 aromatic rings. The topological polar surface area (TPSA) is 74.8 Å². The first kappa shape index (κ1) is 17.9. The number of carbonyl (C=O) groups is 4. The number of hydrogen-bond acceptors (Lipinski definition) is 4. The quantitative estimate of drug-likeness (QED) is 0.530. The summed E-state index contributed by atoms with van der Waals surface area (Å²) in [5.74, 6) is -1.43. The molecule has 0 N–H and O–H groups in total. The van der Waals surface area contributed by atoms with Crippen molar-refractivity contribution < 1.29 is 19.2 Å².